The number of rotatable bonds is 3. The summed E-state index contributed by atoms with van der Waals surface area (Å²) in [6, 6.07) is -0.185. The zero-order valence-electron chi connectivity index (χ0n) is 7.29. The van der Waals surface area contributed by atoms with Crippen LogP contribution in [-0.2, 0) is 14.4 Å². The smallest absolute Gasteiger partial charge is 0.260 e. The maximum Gasteiger partial charge on any atom is 0.260 e. The van der Waals surface area contributed by atoms with Crippen LogP contribution in [0.4, 0.5) is 0 Å². The molecule has 1 heterocycles. The highest BCUT2D eigenvalue weighted by Gasteiger charge is 2.29. The lowest BCUT2D eigenvalue weighted by Gasteiger charge is -2.08. The molecule has 0 bridgehead atoms. The Kier molecular flexibility index (Phi) is 3.46. The fourth-order valence-electron chi connectivity index (χ4n) is 1.25. The van der Waals surface area contributed by atoms with Crippen molar-refractivity contribution >= 4 is 5.91 Å². The van der Waals surface area contributed by atoms with Gasteiger partial charge in [0.1, 0.15) is 0 Å². The van der Waals surface area contributed by atoms with E-state index < -0.39 is 0 Å². The molecule has 1 fully saturated rings. The summed E-state index contributed by atoms with van der Waals surface area (Å²) in [6.45, 7) is 0.721. The Morgan fingerprint density at radius 1 is 1.58 bits per heavy atom. The van der Waals surface area contributed by atoms with Gasteiger partial charge in [0.25, 0.3) is 5.91 Å². The summed E-state index contributed by atoms with van der Waals surface area (Å²) in [4.78, 5) is 15.7. The number of methoxy groups -OCH3 is 1. The van der Waals surface area contributed by atoms with Crippen LogP contribution in [0, 0.1) is 0 Å². The predicted octanol–water partition coefficient (Wildman–Crippen LogP) is -0.959. The molecule has 0 radical (unpaired) electrons. The van der Waals surface area contributed by atoms with E-state index in [1.807, 2.05) is 0 Å². The summed E-state index contributed by atoms with van der Waals surface area (Å²) in [5, 5.41) is 3.03. The van der Waals surface area contributed by atoms with Crippen LogP contribution < -0.4 is 10.8 Å². The highest BCUT2D eigenvalue weighted by molar-refractivity contribution is 5.81. The van der Waals surface area contributed by atoms with Gasteiger partial charge in [-0.05, 0) is 6.42 Å². The van der Waals surface area contributed by atoms with E-state index in [1.54, 1.807) is 7.11 Å². The largest absolute Gasteiger partial charge is 0.380 e. The van der Waals surface area contributed by atoms with Crippen molar-refractivity contribution in [2.45, 2.75) is 18.6 Å². The SMILES string of the molecule is CONC(=O)[C@H]1C[C@H](OC)CN1. The molecule has 0 aromatic heterocycles. The molecule has 0 aromatic rings. The van der Waals surface area contributed by atoms with Crippen molar-refractivity contribution in [2.24, 2.45) is 0 Å². The van der Waals surface area contributed by atoms with Crippen LogP contribution >= 0.6 is 0 Å². The molecule has 70 valence electrons. The molecule has 1 saturated heterocycles. The predicted molar refractivity (Wildman–Crippen MR) is 42.4 cm³/mol. The van der Waals surface area contributed by atoms with Gasteiger partial charge in [-0.1, -0.05) is 0 Å². The lowest BCUT2D eigenvalue weighted by atomic mass is 10.2. The average Bonchev–Trinajstić information content (AvgIpc) is 2.52. The number of ether oxygens (including phenoxy) is 1. The van der Waals surface area contributed by atoms with Crippen molar-refractivity contribution in [1.29, 1.82) is 0 Å². The first-order valence-corrected chi connectivity index (χ1v) is 3.87. The zero-order valence-corrected chi connectivity index (χ0v) is 7.29. The molecule has 2 N–H and O–H groups in total. The molecular weight excluding hydrogens is 160 g/mol. The molecular formula is C7H14N2O3. The first kappa shape index (κ1) is 9.44. The molecule has 1 rings (SSSR count). The highest BCUT2D eigenvalue weighted by atomic mass is 16.6. The molecule has 1 aliphatic rings. The molecule has 5 heteroatoms. The monoisotopic (exact) mass is 174 g/mol. The van der Waals surface area contributed by atoms with E-state index in [0.29, 0.717) is 6.42 Å². The van der Waals surface area contributed by atoms with Crippen LogP contribution in [0.25, 0.3) is 0 Å². The Hall–Kier alpha value is -0.650. The fraction of sp³-hybridized carbons (Fsp3) is 0.857. The normalized spacial score (nSPS) is 28.8. The van der Waals surface area contributed by atoms with Gasteiger partial charge in [0.2, 0.25) is 0 Å². The number of nitrogens with one attached hydrogen (secondary N) is 2. The Bertz CT molecular complexity index is 163. The number of hydrogen-bond donors (Lipinski definition) is 2. The number of amides is 1. The first-order valence-electron chi connectivity index (χ1n) is 3.87. The molecule has 0 spiro atoms. The van der Waals surface area contributed by atoms with Crippen LogP contribution in [0.1, 0.15) is 6.42 Å². The minimum absolute atomic E-state index is 0.137. The molecule has 5 nitrogen and oxygen atoms in total. The van der Waals surface area contributed by atoms with E-state index in [-0.39, 0.29) is 18.1 Å². The third-order valence-electron chi connectivity index (χ3n) is 1.94. The van der Waals surface area contributed by atoms with Crippen molar-refractivity contribution in [3.63, 3.8) is 0 Å². The van der Waals surface area contributed by atoms with E-state index in [0.717, 1.165) is 6.54 Å². The summed E-state index contributed by atoms with van der Waals surface area (Å²) >= 11 is 0. The Labute approximate surface area is 71.4 Å². The lowest BCUT2D eigenvalue weighted by molar-refractivity contribution is -0.133. The van der Waals surface area contributed by atoms with Gasteiger partial charge < -0.3 is 10.1 Å². The second kappa shape index (κ2) is 4.39. The fourth-order valence-corrected chi connectivity index (χ4v) is 1.25. The van der Waals surface area contributed by atoms with Gasteiger partial charge in [-0.2, -0.15) is 0 Å². The highest BCUT2D eigenvalue weighted by Crippen LogP contribution is 2.08. The summed E-state index contributed by atoms with van der Waals surface area (Å²) in [5.74, 6) is -0.142. The van der Waals surface area contributed by atoms with Crippen molar-refractivity contribution in [3.8, 4) is 0 Å². The van der Waals surface area contributed by atoms with E-state index in [4.69, 9.17) is 4.74 Å². The van der Waals surface area contributed by atoms with Gasteiger partial charge in [0.05, 0.1) is 19.3 Å². The molecule has 0 aliphatic carbocycles. The Morgan fingerprint density at radius 2 is 2.33 bits per heavy atom. The summed E-state index contributed by atoms with van der Waals surface area (Å²) in [5.41, 5.74) is 2.28. The summed E-state index contributed by atoms with van der Waals surface area (Å²) in [7, 11) is 3.06. The molecule has 2 atom stereocenters. The van der Waals surface area contributed by atoms with Gasteiger partial charge in [-0.25, -0.2) is 5.48 Å². The second-order valence-electron chi connectivity index (χ2n) is 2.72. The Balaban J connectivity index is 2.31. The Morgan fingerprint density at radius 3 is 2.83 bits per heavy atom. The quantitative estimate of drug-likeness (QED) is 0.541. The van der Waals surface area contributed by atoms with Crippen molar-refractivity contribution in [1.82, 2.24) is 10.8 Å². The summed E-state index contributed by atoms with van der Waals surface area (Å²) < 4.78 is 5.09. The molecule has 1 aliphatic heterocycles. The molecule has 0 unspecified atom stereocenters. The lowest BCUT2D eigenvalue weighted by Crippen LogP contribution is -2.39. The number of carbonyl (C=O) groups is 1. The maximum atomic E-state index is 11.2. The molecule has 12 heavy (non-hydrogen) atoms. The van der Waals surface area contributed by atoms with Gasteiger partial charge in [-0.3, -0.25) is 9.63 Å². The zero-order chi connectivity index (χ0) is 8.97. The van der Waals surface area contributed by atoms with Crippen molar-refractivity contribution < 1.29 is 14.4 Å². The van der Waals surface area contributed by atoms with Gasteiger partial charge in [-0.15, -0.1) is 0 Å². The minimum atomic E-state index is -0.185. The van der Waals surface area contributed by atoms with Crippen molar-refractivity contribution in [2.75, 3.05) is 20.8 Å². The number of hydrogen-bond acceptors (Lipinski definition) is 4. The molecule has 0 saturated carbocycles. The second-order valence-corrected chi connectivity index (χ2v) is 2.72. The topological polar surface area (TPSA) is 59.6 Å². The third-order valence-corrected chi connectivity index (χ3v) is 1.94. The standard InChI is InChI=1S/C7H14N2O3/c1-11-5-3-6(8-4-5)7(10)9-12-2/h5-6,8H,3-4H2,1-2H3,(H,9,10)/t5-,6+/m0/s1. The number of carbonyl (C=O) groups excluding carboxylic acids is 1. The van der Waals surface area contributed by atoms with Crippen LogP contribution in [0.3, 0.4) is 0 Å². The van der Waals surface area contributed by atoms with E-state index in [1.165, 1.54) is 7.11 Å². The molecule has 0 aromatic carbocycles. The van der Waals surface area contributed by atoms with Crippen molar-refractivity contribution in [3.05, 3.63) is 0 Å². The third kappa shape index (κ3) is 2.17. The number of hydroxylamine groups is 1. The maximum absolute atomic E-state index is 11.2. The first-order chi connectivity index (χ1) is 5.77. The van der Waals surface area contributed by atoms with Crippen LogP contribution in [0.5, 0.6) is 0 Å². The van der Waals surface area contributed by atoms with Crippen LogP contribution in [0.2, 0.25) is 0 Å². The van der Waals surface area contributed by atoms with Crippen LogP contribution in [-0.4, -0.2) is 38.8 Å². The van der Waals surface area contributed by atoms with Gasteiger partial charge in [0.15, 0.2) is 0 Å². The van der Waals surface area contributed by atoms with E-state index in [9.17, 15) is 4.79 Å². The van der Waals surface area contributed by atoms with E-state index >= 15 is 0 Å². The summed E-state index contributed by atoms with van der Waals surface area (Å²) in [6.07, 6.45) is 0.837. The van der Waals surface area contributed by atoms with Crippen LogP contribution in [0.15, 0.2) is 0 Å². The van der Waals surface area contributed by atoms with E-state index in [2.05, 4.69) is 15.6 Å². The average molecular weight is 174 g/mol. The molecule has 1 amide bonds. The van der Waals surface area contributed by atoms with Gasteiger partial charge >= 0.3 is 0 Å². The minimum Gasteiger partial charge on any atom is -0.380 e. The van der Waals surface area contributed by atoms with Gasteiger partial charge in [0, 0.05) is 13.7 Å².